The van der Waals surface area contributed by atoms with Crippen molar-refractivity contribution in [2.45, 2.75) is 45.1 Å². The fourth-order valence-corrected chi connectivity index (χ4v) is 2.42. The molecule has 1 saturated heterocycles. The lowest BCUT2D eigenvalue weighted by Crippen LogP contribution is -2.48. The average Bonchev–Trinajstić information content (AvgIpc) is 2.31. The van der Waals surface area contributed by atoms with Gasteiger partial charge in [0, 0.05) is 25.7 Å². The first kappa shape index (κ1) is 13.5. The van der Waals surface area contributed by atoms with E-state index < -0.39 is 0 Å². The molecule has 1 amide bonds. The number of nitrogens with zero attached hydrogens (tertiary/aromatic N) is 1. The number of aliphatic hydroxyl groups excluding tert-OH is 1. The van der Waals surface area contributed by atoms with E-state index in [0.29, 0.717) is 13.0 Å². The summed E-state index contributed by atoms with van der Waals surface area (Å²) in [4.78, 5) is 14.2. The van der Waals surface area contributed by atoms with Gasteiger partial charge in [0.2, 0.25) is 5.91 Å². The zero-order valence-electron chi connectivity index (χ0n) is 10.2. The highest BCUT2D eigenvalue weighted by Gasteiger charge is 2.29. The zero-order valence-corrected chi connectivity index (χ0v) is 10.2. The van der Waals surface area contributed by atoms with Gasteiger partial charge < -0.3 is 15.7 Å². The first-order valence-electron chi connectivity index (χ1n) is 6.36. The van der Waals surface area contributed by atoms with Gasteiger partial charge in [0.05, 0.1) is 5.92 Å². The van der Waals surface area contributed by atoms with Gasteiger partial charge >= 0.3 is 0 Å². The summed E-state index contributed by atoms with van der Waals surface area (Å²) in [5.41, 5.74) is 5.61. The van der Waals surface area contributed by atoms with Crippen LogP contribution in [0.1, 0.15) is 39.0 Å². The monoisotopic (exact) mass is 228 g/mol. The molecule has 94 valence electrons. The van der Waals surface area contributed by atoms with Crippen molar-refractivity contribution in [3.63, 3.8) is 0 Å². The maximum absolute atomic E-state index is 12.2. The van der Waals surface area contributed by atoms with Crippen molar-refractivity contribution < 1.29 is 9.90 Å². The molecule has 4 nitrogen and oxygen atoms in total. The molecule has 0 saturated carbocycles. The van der Waals surface area contributed by atoms with E-state index in [1.807, 2.05) is 11.8 Å². The van der Waals surface area contributed by atoms with E-state index in [4.69, 9.17) is 10.8 Å². The van der Waals surface area contributed by atoms with Crippen LogP contribution in [-0.4, -0.2) is 41.7 Å². The first-order chi connectivity index (χ1) is 7.74. The smallest absolute Gasteiger partial charge is 0.227 e. The minimum atomic E-state index is -0.0423. The Morgan fingerprint density at radius 2 is 2.31 bits per heavy atom. The molecular formula is C12H24N2O2. The number of piperidine rings is 1. The lowest BCUT2D eigenvalue weighted by Gasteiger charge is -2.37. The summed E-state index contributed by atoms with van der Waals surface area (Å²) < 4.78 is 0. The number of rotatable bonds is 5. The van der Waals surface area contributed by atoms with Gasteiger partial charge in [-0.3, -0.25) is 4.79 Å². The van der Waals surface area contributed by atoms with Gasteiger partial charge in [0.25, 0.3) is 0 Å². The van der Waals surface area contributed by atoms with Crippen molar-refractivity contribution in [2.24, 2.45) is 11.7 Å². The molecule has 2 atom stereocenters. The second-order valence-corrected chi connectivity index (χ2v) is 4.53. The summed E-state index contributed by atoms with van der Waals surface area (Å²) >= 11 is 0. The standard InChI is InChI=1S/C12H24N2O2/c1-2-10(9-13)12(16)14-7-4-3-5-11(14)6-8-15/h10-11,15H,2-9,13H2,1H3. The van der Waals surface area contributed by atoms with Gasteiger partial charge in [-0.1, -0.05) is 6.92 Å². The molecule has 4 heteroatoms. The van der Waals surface area contributed by atoms with Crippen molar-refractivity contribution in [1.82, 2.24) is 4.90 Å². The molecule has 16 heavy (non-hydrogen) atoms. The highest BCUT2D eigenvalue weighted by Crippen LogP contribution is 2.22. The predicted octanol–water partition coefficient (Wildman–Crippen LogP) is 0.735. The number of nitrogens with two attached hydrogens (primary N) is 1. The molecule has 3 N–H and O–H groups in total. The number of carbonyl (C=O) groups excluding carboxylic acids is 1. The molecule has 0 spiro atoms. The molecule has 0 aromatic rings. The van der Waals surface area contributed by atoms with E-state index >= 15 is 0 Å². The molecule has 1 heterocycles. The highest BCUT2D eigenvalue weighted by molar-refractivity contribution is 5.79. The van der Waals surface area contributed by atoms with Gasteiger partial charge in [0.15, 0.2) is 0 Å². The molecule has 1 rings (SSSR count). The van der Waals surface area contributed by atoms with Crippen molar-refractivity contribution in [2.75, 3.05) is 19.7 Å². The minimum Gasteiger partial charge on any atom is -0.396 e. The number of hydrogen-bond acceptors (Lipinski definition) is 3. The zero-order chi connectivity index (χ0) is 12.0. The molecule has 0 radical (unpaired) electrons. The predicted molar refractivity (Wildman–Crippen MR) is 63.9 cm³/mol. The van der Waals surface area contributed by atoms with E-state index in [1.165, 1.54) is 0 Å². The quantitative estimate of drug-likeness (QED) is 0.729. The summed E-state index contributed by atoms with van der Waals surface area (Å²) in [6.07, 6.45) is 4.76. The van der Waals surface area contributed by atoms with E-state index in [1.54, 1.807) is 0 Å². The molecule has 0 bridgehead atoms. The molecule has 1 aliphatic heterocycles. The molecule has 0 aromatic carbocycles. The van der Waals surface area contributed by atoms with Crippen LogP contribution in [-0.2, 0) is 4.79 Å². The molecule has 2 unspecified atom stereocenters. The van der Waals surface area contributed by atoms with Crippen molar-refractivity contribution in [3.05, 3.63) is 0 Å². The van der Waals surface area contributed by atoms with Crippen LogP contribution < -0.4 is 5.73 Å². The molecular weight excluding hydrogens is 204 g/mol. The maximum atomic E-state index is 12.2. The third-order valence-corrected chi connectivity index (χ3v) is 3.50. The second kappa shape index (κ2) is 6.86. The van der Waals surface area contributed by atoms with Crippen LogP contribution in [0.15, 0.2) is 0 Å². The van der Waals surface area contributed by atoms with Gasteiger partial charge in [-0.15, -0.1) is 0 Å². The largest absolute Gasteiger partial charge is 0.396 e. The normalized spacial score (nSPS) is 23.2. The number of carbonyl (C=O) groups is 1. The van der Waals surface area contributed by atoms with Gasteiger partial charge in [-0.25, -0.2) is 0 Å². The maximum Gasteiger partial charge on any atom is 0.227 e. The average molecular weight is 228 g/mol. The first-order valence-corrected chi connectivity index (χ1v) is 6.36. The van der Waals surface area contributed by atoms with Crippen LogP contribution in [0, 0.1) is 5.92 Å². The Morgan fingerprint density at radius 1 is 1.56 bits per heavy atom. The number of likely N-dealkylation sites (tertiary alicyclic amines) is 1. The van der Waals surface area contributed by atoms with Crippen LogP contribution in [0.5, 0.6) is 0 Å². The SMILES string of the molecule is CCC(CN)C(=O)N1CCCCC1CCO. The fourth-order valence-electron chi connectivity index (χ4n) is 2.42. The van der Waals surface area contributed by atoms with Crippen LogP contribution in [0.25, 0.3) is 0 Å². The Hall–Kier alpha value is -0.610. The Bertz CT molecular complexity index is 215. The summed E-state index contributed by atoms with van der Waals surface area (Å²) in [5.74, 6) is 0.141. The Morgan fingerprint density at radius 3 is 2.88 bits per heavy atom. The van der Waals surface area contributed by atoms with Crippen molar-refractivity contribution in [1.29, 1.82) is 0 Å². The summed E-state index contributed by atoms with van der Waals surface area (Å²) in [7, 11) is 0. The van der Waals surface area contributed by atoms with Crippen molar-refractivity contribution in [3.8, 4) is 0 Å². The molecule has 1 aliphatic rings. The summed E-state index contributed by atoms with van der Waals surface area (Å²) in [6, 6.07) is 0.229. The highest BCUT2D eigenvalue weighted by atomic mass is 16.3. The van der Waals surface area contributed by atoms with E-state index in [2.05, 4.69) is 0 Å². The van der Waals surface area contributed by atoms with E-state index in [0.717, 1.165) is 32.2 Å². The van der Waals surface area contributed by atoms with Crippen LogP contribution >= 0.6 is 0 Å². The second-order valence-electron chi connectivity index (χ2n) is 4.53. The minimum absolute atomic E-state index is 0.0423. The molecule has 0 aliphatic carbocycles. The van der Waals surface area contributed by atoms with Crippen LogP contribution in [0.2, 0.25) is 0 Å². The fraction of sp³-hybridized carbons (Fsp3) is 0.917. The lowest BCUT2D eigenvalue weighted by atomic mass is 9.96. The van der Waals surface area contributed by atoms with Gasteiger partial charge in [-0.2, -0.15) is 0 Å². The lowest BCUT2D eigenvalue weighted by molar-refractivity contribution is -0.139. The van der Waals surface area contributed by atoms with E-state index in [9.17, 15) is 4.79 Å². The molecule has 0 aromatic heterocycles. The summed E-state index contributed by atoms with van der Waals surface area (Å²) in [6.45, 7) is 3.42. The van der Waals surface area contributed by atoms with Gasteiger partial charge in [0.1, 0.15) is 0 Å². The van der Waals surface area contributed by atoms with Crippen molar-refractivity contribution >= 4 is 5.91 Å². The Labute approximate surface area is 97.8 Å². The Kier molecular flexibility index (Phi) is 5.77. The Balaban J connectivity index is 2.62. The number of hydrogen-bond donors (Lipinski definition) is 2. The summed E-state index contributed by atoms with van der Waals surface area (Å²) in [5, 5.41) is 9.01. The third kappa shape index (κ3) is 3.19. The number of amides is 1. The number of aliphatic hydroxyl groups is 1. The topological polar surface area (TPSA) is 66.6 Å². The molecule has 1 fully saturated rings. The van der Waals surface area contributed by atoms with E-state index in [-0.39, 0.29) is 24.5 Å². The third-order valence-electron chi connectivity index (χ3n) is 3.50. The van der Waals surface area contributed by atoms with Crippen LogP contribution in [0.4, 0.5) is 0 Å². The van der Waals surface area contributed by atoms with Gasteiger partial charge in [-0.05, 0) is 32.1 Å². The van der Waals surface area contributed by atoms with Crippen LogP contribution in [0.3, 0.4) is 0 Å².